The summed E-state index contributed by atoms with van der Waals surface area (Å²) >= 11 is 0. The molecule has 0 spiro atoms. The van der Waals surface area contributed by atoms with Crippen LogP contribution in [0.3, 0.4) is 0 Å². The SMILES string of the molecule is N#Cc1ccc(N/C=C\C(=N)N)cc1. The molecule has 0 aromatic heterocycles. The van der Waals surface area contributed by atoms with Crippen molar-refractivity contribution in [1.29, 1.82) is 10.7 Å². The molecule has 0 atom stereocenters. The lowest BCUT2D eigenvalue weighted by atomic mass is 10.2. The van der Waals surface area contributed by atoms with Crippen molar-refractivity contribution in [3.05, 3.63) is 42.1 Å². The lowest BCUT2D eigenvalue weighted by Crippen LogP contribution is -2.05. The maximum Gasteiger partial charge on any atom is 0.116 e. The minimum absolute atomic E-state index is 0.00820. The number of nitrogens with two attached hydrogens (primary N) is 1. The molecule has 1 aromatic rings. The van der Waals surface area contributed by atoms with Crippen molar-refractivity contribution in [2.45, 2.75) is 0 Å². The minimum atomic E-state index is -0.00820. The maximum absolute atomic E-state index is 8.55. The Bertz CT molecular complexity index is 384. The van der Waals surface area contributed by atoms with E-state index >= 15 is 0 Å². The van der Waals surface area contributed by atoms with E-state index in [1.54, 1.807) is 30.5 Å². The van der Waals surface area contributed by atoms with E-state index in [0.29, 0.717) is 5.56 Å². The second-order valence-electron chi connectivity index (χ2n) is 2.62. The van der Waals surface area contributed by atoms with Crippen LogP contribution in [0.1, 0.15) is 5.56 Å². The van der Waals surface area contributed by atoms with Crippen LogP contribution >= 0.6 is 0 Å². The zero-order valence-corrected chi connectivity index (χ0v) is 7.49. The Hall–Kier alpha value is -2.28. The molecule has 14 heavy (non-hydrogen) atoms. The van der Waals surface area contributed by atoms with Gasteiger partial charge in [0.1, 0.15) is 5.84 Å². The Balaban J connectivity index is 2.61. The average Bonchev–Trinajstić information content (AvgIpc) is 2.18. The minimum Gasteiger partial charge on any atom is -0.384 e. The van der Waals surface area contributed by atoms with Crippen molar-refractivity contribution in [1.82, 2.24) is 0 Å². The summed E-state index contributed by atoms with van der Waals surface area (Å²) in [5.74, 6) is -0.00820. The van der Waals surface area contributed by atoms with Crippen LogP contribution < -0.4 is 11.1 Å². The molecule has 0 radical (unpaired) electrons. The van der Waals surface area contributed by atoms with Crippen molar-refractivity contribution in [3.8, 4) is 6.07 Å². The lowest BCUT2D eigenvalue weighted by Gasteiger charge is -1.99. The fourth-order valence-corrected chi connectivity index (χ4v) is 0.869. The van der Waals surface area contributed by atoms with Crippen LogP contribution in [0.4, 0.5) is 5.69 Å². The molecule has 1 aromatic carbocycles. The number of amidine groups is 1. The second kappa shape index (κ2) is 4.67. The van der Waals surface area contributed by atoms with Gasteiger partial charge in [0.2, 0.25) is 0 Å². The third-order valence-electron chi connectivity index (χ3n) is 1.53. The number of benzene rings is 1. The standard InChI is InChI=1S/C10H10N4/c11-7-8-1-3-9(4-2-8)14-6-5-10(12)13/h1-6,14H,(H3,12,13)/b6-5-. The summed E-state index contributed by atoms with van der Waals surface area (Å²) in [6.07, 6.45) is 3.02. The molecule has 1 rings (SSSR count). The molecule has 0 fully saturated rings. The number of nitriles is 1. The first-order chi connectivity index (χ1) is 6.72. The summed E-state index contributed by atoms with van der Waals surface area (Å²) in [5, 5.41) is 18.4. The van der Waals surface area contributed by atoms with E-state index in [1.807, 2.05) is 6.07 Å². The fraction of sp³-hybridized carbons (Fsp3) is 0. The van der Waals surface area contributed by atoms with E-state index in [4.69, 9.17) is 16.4 Å². The normalized spacial score (nSPS) is 9.64. The van der Waals surface area contributed by atoms with Gasteiger partial charge in [0.15, 0.2) is 0 Å². The van der Waals surface area contributed by atoms with Crippen LogP contribution in [0.15, 0.2) is 36.5 Å². The predicted octanol–water partition coefficient (Wildman–Crippen LogP) is 1.42. The number of hydrogen-bond acceptors (Lipinski definition) is 3. The highest BCUT2D eigenvalue weighted by atomic mass is 14.8. The first-order valence-electron chi connectivity index (χ1n) is 3.99. The van der Waals surface area contributed by atoms with Gasteiger partial charge in [0, 0.05) is 11.9 Å². The number of nitrogens with one attached hydrogen (secondary N) is 2. The van der Waals surface area contributed by atoms with Gasteiger partial charge in [0.25, 0.3) is 0 Å². The first kappa shape index (κ1) is 9.81. The molecule has 4 nitrogen and oxygen atoms in total. The average molecular weight is 186 g/mol. The largest absolute Gasteiger partial charge is 0.384 e. The molecular weight excluding hydrogens is 176 g/mol. The summed E-state index contributed by atoms with van der Waals surface area (Å²) in [4.78, 5) is 0. The van der Waals surface area contributed by atoms with E-state index in [0.717, 1.165) is 5.69 Å². The smallest absolute Gasteiger partial charge is 0.116 e. The van der Waals surface area contributed by atoms with Gasteiger partial charge in [-0.05, 0) is 30.3 Å². The van der Waals surface area contributed by atoms with Crippen LogP contribution in [0.2, 0.25) is 0 Å². The van der Waals surface area contributed by atoms with E-state index < -0.39 is 0 Å². The van der Waals surface area contributed by atoms with E-state index in [1.165, 1.54) is 6.08 Å². The third kappa shape index (κ3) is 2.99. The molecule has 0 saturated heterocycles. The summed E-state index contributed by atoms with van der Waals surface area (Å²) < 4.78 is 0. The highest BCUT2D eigenvalue weighted by Gasteiger charge is 1.89. The van der Waals surface area contributed by atoms with Crippen LogP contribution in [-0.4, -0.2) is 5.84 Å². The van der Waals surface area contributed by atoms with Gasteiger partial charge in [-0.25, -0.2) is 0 Å². The molecule has 0 amide bonds. The first-order valence-corrected chi connectivity index (χ1v) is 3.99. The number of anilines is 1. The molecule has 0 unspecified atom stereocenters. The van der Waals surface area contributed by atoms with Gasteiger partial charge in [-0.2, -0.15) is 5.26 Å². The summed E-state index contributed by atoms with van der Waals surface area (Å²) in [6, 6.07) is 9.01. The highest BCUT2D eigenvalue weighted by Crippen LogP contribution is 2.08. The van der Waals surface area contributed by atoms with E-state index in [2.05, 4.69) is 5.32 Å². The molecule has 0 heterocycles. The van der Waals surface area contributed by atoms with Gasteiger partial charge >= 0.3 is 0 Å². The number of rotatable bonds is 3. The zero-order valence-electron chi connectivity index (χ0n) is 7.49. The van der Waals surface area contributed by atoms with E-state index in [-0.39, 0.29) is 5.84 Å². The van der Waals surface area contributed by atoms with Crippen LogP contribution in [0, 0.1) is 16.7 Å². The van der Waals surface area contributed by atoms with Gasteiger partial charge in [-0.3, -0.25) is 5.41 Å². The molecule has 0 aliphatic rings. The summed E-state index contributed by atoms with van der Waals surface area (Å²) in [5.41, 5.74) is 6.58. The molecule has 0 bridgehead atoms. The molecule has 0 aliphatic heterocycles. The van der Waals surface area contributed by atoms with E-state index in [9.17, 15) is 0 Å². The monoisotopic (exact) mass is 186 g/mol. The van der Waals surface area contributed by atoms with Crippen LogP contribution in [0.25, 0.3) is 0 Å². The molecule has 0 aliphatic carbocycles. The van der Waals surface area contributed by atoms with Crippen LogP contribution in [-0.2, 0) is 0 Å². The van der Waals surface area contributed by atoms with Gasteiger partial charge in [0.05, 0.1) is 11.6 Å². The van der Waals surface area contributed by atoms with Crippen molar-refractivity contribution in [3.63, 3.8) is 0 Å². The van der Waals surface area contributed by atoms with Gasteiger partial charge in [-0.1, -0.05) is 0 Å². The Morgan fingerprint density at radius 3 is 2.57 bits per heavy atom. The number of nitrogens with zero attached hydrogens (tertiary/aromatic N) is 1. The van der Waals surface area contributed by atoms with Gasteiger partial charge < -0.3 is 11.1 Å². The van der Waals surface area contributed by atoms with Gasteiger partial charge in [-0.15, -0.1) is 0 Å². The highest BCUT2D eigenvalue weighted by molar-refractivity contribution is 5.88. The Labute approximate surface area is 82.2 Å². The number of hydrogen-bond donors (Lipinski definition) is 3. The topological polar surface area (TPSA) is 85.7 Å². The molecule has 4 heteroatoms. The fourth-order valence-electron chi connectivity index (χ4n) is 0.869. The van der Waals surface area contributed by atoms with Crippen molar-refractivity contribution in [2.75, 3.05) is 5.32 Å². The van der Waals surface area contributed by atoms with Crippen LogP contribution in [0.5, 0.6) is 0 Å². The zero-order chi connectivity index (χ0) is 10.4. The Morgan fingerprint density at radius 1 is 1.43 bits per heavy atom. The Kier molecular flexibility index (Phi) is 3.27. The Morgan fingerprint density at radius 2 is 2.07 bits per heavy atom. The predicted molar refractivity (Wildman–Crippen MR) is 55.8 cm³/mol. The lowest BCUT2D eigenvalue weighted by molar-refractivity contribution is 1.45. The summed E-state index contributed by atoms with van der Waals surface area (Å²) in [6.45, 7) is 0. The third-order valence-corrected chi connectivity index (χ3v) is 1.53. The molecule has 4 N–H and O–H groups in total. The second-order valence-corrected chi connectivity index (χ2v) is 2.62. The van der Waals surface area contributed by atoms with Crippen molar-refractivity contribution < 1.29 is 0 Å². The molecule has 0 saturated carbocycles. The van der Waals surface area contributed by atoms with Crippen molar-refractivity contribution >= 4 is 11.5 Å². The van der Waals surface area contributed by atoms with Crippen molar-refractivity contribution in [2.24, 2.45) is 5.73 Å². The molecular formula is C10H10N4. The maximum atomic E-state index is 8.55. The quantitative estimate of drug-likeness (QED) is 0.493. The summed E-state index contributed by atoms with van der Waals surface area (Å²) in [7, 11) is 0. The molecule has 70 valence electrons.